The van der Waals surface area contributed by atoms with Crippen LogP contribution in [0.25, 0.3) is 10.8 Å². The first-order valence-electron chi connectivity index (χ1n) is 12.7. The molecule has 0 aliphatic heterocycles. The number of nitrogens with two attached hydrogens (primary N) is 3. The number of nitroso groups, excluding NO2 is 1. The van der Waals surface area contributed by atoms with Crippen molar-refractivity contribution < 1.29 is 36.5 Å². The third kappa shape index (κ3) is 8.15. The van der Waals surface area contributed by atoms with Crippen molar-refractivity contribution in [3.63, 3.8) is 0 Å². The molecule has 1 unspecified atom stereocenters. The molecule has 45 heavy (non-hydrogen) atoms. The van der Waals surface area contributed by atoms with Gasteiger partial charge in [-0.2, -0.15) is 34.5 Å². The Labute approximate surface area is 257 Å². The summed E-state index contributed by atoms with van der Waals surface area (Å²) >= 11 is 0. The Morgan fingerprint density at radius 2 is 1.49 bits per heavy atom. The molecule has 0 aliphatic carbocycles. The van der Waals surface area contributed by atoms with Gasteiger partial charge in [0.1, 0.15) is 33.5 Å². The van der Waals surface area contributed by atoms with E-state index < -0.39 is 34.5 Å². The lowest BCUT2D eigenvalue weighted by Gasteiger charge is -2.13. The van der Waals surface area contributed by atoms with E-state index in [0.29, 0.717) is 22.1 Å². The lowest BCUT2D eigenvalue weighted by Crippen LogP contribution is -2.11. The van der Waals surface area contributed by atoms with Crippen LogP contribution in [0.15, 0.2) is 86.0 Å². The van der Waals surface area contributed by atoms with Crippen LogP contribution < -0.4 is 32.3 Å². The zero-order chi connectivity index (χ0) is 33.1. The van der Waals surface area contributed by atoms with Crippen LogP contribution in [0.5, 0.6) is 17.2 Å². The minimum Gasteiger partial charge on any atom is -0.505 e. The fraction of sp³-hybridized carbons (Fsp3) is 0.154. The molecule has 0 saturated heterocycles. The van der Waals surface area contributed by atoms with E-state index in [-0.39, 0.29) is 41.5 Å². The summed E-state index contributed by atoms with van der Waals surface area (Å²) in [6.45, 7) is 3.98. The number of phenols is 1. The van der Waals surface area contributed by atoms with Gasteiger partial charge in [0.25, 0.3) is 0 Å². The summed E-state index contributed by atoms with van der Waals surface area (Å²) in [7, 11) is -6.78. The number of benzene rings is 4. The third-order valence-electron chi connectivity index (χ3n) is 5.78. The van der Waals surface area contributed by atoms with Gasteiger partial charge >= 0.3 is 18.1 Å². The van der Waals surface area contributed by atoms with E-state index in [4.69, 9.17) is 31.9 Å². The molecule has 0 saturated carbocycles. The predicted octanol–water partition coefficient (Wildman–Crippen LogP) is 5.92. The number of fused-ring (bicyclic) bond motifs is 1. The Kier molecular flexibility index (Phi) is 12.0. The van der Waals surface area contributed by atoms with E-state index in [1.54, 1.807) is 32.0 Å². The van der Waals surface area contributed by atoms with Gasteiger partial charge in [0.2, 0.25) is 5.30 Å². The zero-order valence-corrected chi connectivity index (χ0v) is 25.5. The summed E-state index contributed by atoms with van der Waals surface area (Å²) in [5.74, 6) is 9.97. The molecule has 17 nitrogen and oxygen atoms in total. The molecule has 0 bridgehead atoms. The molecule has 8 N–H and O–H groups in total. The first-order chi connectivity index (χ1) is 21.6. The van der Waals surface area contributed by atoms with Crippen LogP contribution in [0.2, 0.25) is 0 Å². The van der Waals surface area contributed by atoms with Gasteiger partial charge in [-0.05, 0) is 58.8 Å². The molecular formula is C26H28N8O9PS+. The van der Waals surface area contributed by atoms with Gasteiger partial charge in [-0.15, -0.1) is 15.3 Å². The predicted molar refractivity (Wildman–Crippen MR) is 165 cm³/mol. The molecule has 4 rings (SSSR count). The van der Waals surface area contributed by atoms with Crippen LogP contribution in [0, 0.1) is 10.5 Å². The molecule has 4 aromatic rings. The molecular weight excluding hydrogens is 631 g/mol. The molecule has 0 aromatic heterocycles. The molecule has 236 valence electrons. The van der Waals surface area contributed by atoms with E-state index in [1.807, 2.05) is 0 Å². The second kappa shape index (κ2) is 15.7. The smallest absolute Gasteiger partial charge is 0.505 e. The number of aromatic hydroxyl groups is 1. The molecule has 0 amide bonds. The van der Waals surface area contributed by atoms with Gasteiger partial charge in [-0.25, -0.2) is 0 Å². The van der Waals surface area contributed by atoms with Crippen LogP contribution in [0.3, 0.4) is 0 Å². The van der Waals surface area contributed by atoms with Gasteiger partial charge in [0.05, 0.1) is 18.9 Å². The number of nitrogen functional groups attached to an aromatic ring is 1. The fourth-order valence-corrected chi connectivity index (χ4v) is 5.20. The first-order valence-corrected chi connectivity index (χ1v) is 15.3. The second-order valence-electron chi connectivity index (χ2n) is 8.54. The van der Waals surface area contributed by atoms with Crippen LogP contribution in [-0.4, -0.2) is 26.7 Å². The van der Waals surface area contributed by atoms with E-state index in [2.05, 4.69) is 35.0 Å². The standard InChI is InChI=1S/C26H26N7O8PS.HNO/c1-3-38-22-14-21(23(39-4-2)13-20(22)31-30-17-6-5-7-18(12-17)42(35)40-28)32-33-25-24(43(36,37)41-29)10-15-8-9-16(27)11-19(15)26(25)34;1-2/h5-14H,3-4,28-29H2,1-2H3,(H2-,27,30,31,32,33,34);1H/p+1. The maximum absolute atomic E-state index is 12.6. The Hall–Kier alpha value is -4.97. The van der Waals surface area contributed by atoms with Crippen LogP contribution in [-0.2, 0) is 23.6 Å². The fourth-order valence-electron chi connectivity index (χ4n) is 3.88. The lowest BCUT2D eigenvalue weighted by molar-refractivity contribution is 0.332. The normalized spacial score (nSPS) is 11.9. The molecule has 0 spiro atoms. The number of nitrogens with one attached hydrogen (secondary N) is 1. The summed E-state index contributed by atoms with van der Waals surface area (Å²) in [4.78, 5) is 6.98. The minimum absolute atomic E-state index is 0.118. The van der Waals surface area contributed by atoms with E-state index in [1.165, 1.54) is 42.5 Å². The Morgan fingerprint density at radius 3 is 2.07 bits per heavy atom. The van der Waals surface area contributed by atoms with Crippen molar-refractivity contribution in [2.24, 2.45) is 32.3 Å². The molecule has 4 aromatic carbocycles. The molecule has 0 heterocycles. The number of anilines is 1. The van der Waals surface area contributed by atoms with Gasteiger partial charge < -0.3 is 20.3 Å². The maximum atomic E-state index is 12.6. The van der Waals surface area contributed by atoms with Crippen molar-refractivity contribution in [2.45, 2.75) is 18.7 Å². The number of nitrogens with zero attached hydrogens (tertiary/aromatic N) is 4. The highest BCUT2D eigenvalue weighted by molar-refractivity contribution is 7.86. The van der Waals surface area contributed by atoms with E-state index in [9.17, 15) is 18.1 Å². The topological polar surface area (TPSA) is 277 Å². The van der Waals surface area contributed by atoms with E-state index >= 15 is 0 Å². The molecule has 1 atom stereocenters. The molecule has 0 aliphatic rings. The summed E-state index contributed by atoms with van der Waals surface area (Å²) < 4.78 is 57.2. The first kappa shape index (κ1) is 34.5. The summed E-state index contributed by atoms with van der Waals surface area (Å²) in [6.07, 6.45) is 0. The number of ether oxygens (including phenoxy) is 2. The second-order valence-corrected chi connectivity index (χ2v) is 11.3. The highest BCUT2D eigenvalue weighted by atomic mass is 32.2. The minimum atomic E-state index is -4.53. The largest absolute Gasteiger partial charge is 0.567 e. The lowest BCUT2D eigenvalue weighted by atomic mass is 10.1. The average molecular weight is 660 g/mol. The van der Waals surface area contributed by atoms with Gasteiger partial charge in [-0.1, -0.05) is 17.7 Å². The van der Waals surface area contributed by atoms with Gasteiger partial charge in [-0.3, -0.25) is 0 Å². The molecule has 0 fully saturated rings. The van der Waals surface area contributed by atoms with Crippen molar-refractivity contribution >= 4 is 62.7 Å². The van der Waals surface area contributed by atoms with E-state index in [0.717, 1.165) is 0 Å². The van der Waals surface area contributed by atoms with Crippen molar-refractivity contribution in [1.82, 2.24) is 0 Å². The summed E-state index contributed by atoms with van der Waals surface area (Å²) in [6, 6.07) is 15.0. The maximum Gasteiger partial charge on any atom is 0.567 e. The van der Waals surface area contributed by atoms with Crippen LogP contribution >= 0.6 is 8.03 Å². The number of hydrogen-bond donors (Lipinski definition) is 5. The third-order valence-corrected chi connectivity index (χ3v) is 7.77. The van der Waals surface area contributed by atoms with Crippen molar-refractivity contribution in [2.75, 3.05) is 18.9 Å². The summed E-state index contributed by atoms with van der Waals surface area (Å²) in [5, 5.41) is 28.6. The number of azo groups is 2. The number of rotatable bonds is 12. The zero-order valence-electron chi connectivity index (χ0n) is 23.8. The highest BCUT2D eigenvalue weighted by Crippen LogP contribution is 2.45. The Balaban J connectivity index is 0.00000271. The number of hydrogen-bond acceptors (Lipinski definition) is 17. The quantitative estimate of drug-likeness (QED) is 0.0389. The molecule has 19 heteroatoms. The van der Waals surface area contributed by atoms with Crippen molar-refractivity contribution in [1.29, 1.82) is 5.59 Å². The average Bonchev–Trinajstić information content (AvgIpc) is 3.05. The Bertz CT molecular complexity index is 1870. The monoisotopic (exact) mass is 659 g/mol. The van der Waals surface area contributed by atoms with Crippen LogP contribution in [0.1, 0.15) is 13.8 Å². The summed E-state index contributed by atoms with van der Waals surface area (Å²) in [5.41, 5.74) is 11.0. The van der Waals surface area contributed by atoms with Crippen molar-refractivity contribution in [3.05, 3.63) is 65.6 Å². The van der Waals surface area contributed by atoms with Crippen LogP contribution in [0.4, 0.5) is 28.4 Å². The van der Waals surface area contributed by atoms with Gasteiger partial charge in [0.15, 0.2) is 5.75 Å². The highest BCUT2D eigenvalue weighted by Gasteiger charge is 2.25. The Morgan fingerprint density at radius 1 is 0.867 bits per heavy atom. The number of phenolic OH excluding ortho intramolecular Hbond substituents is 1. The molecule has 0 radical (unpaired) electrons. The van der Waals surface area contributed by atoms with Gasteiger partial charge in [0, 0.05) is 29.3 Å². The SMILES string of the molecule is CCOc1cc(N=Nc2c(S(=O)(=O)ON)cc3ccc(N)cc3c2O)c(OCC)cc1N=Nc1cccc([P+](=O)ON)c1.N=O. The van der Waals surface area contributed by atoms with Crippen molar-refractivity contribution in [3.8, 4) is 17.2 Å².